The zero-order chi connectivity index (χ0) is 15.3. The third kappa shape index (κ3) is 4.43. The fourth-order valence-electron chi connectivity index (χ4n) is 1.40. The second-order valence-electron chi connectivity index (χ2n) is 4.10. The van der Waals surface area contributed by atoms with Crippen LogP contribution in [-0.4, -0.2) is 31.4 Å². The van der Waals surface area contributed by atoms with Gasteiger partial charge in [-0.25, -0.2) is 13.1 Å². The Balaban J connectivity index is 2.83. The van der Waals surface area contributed by atoms with Gasteiger partial charge in [0.1, 0.15) is 0 Å². The number of nitrogens with one attached hydrogen (secondary N) is 1. The fourth-order valence-corrected chi connectivity index (χ4v) is 2.81. The van der Waals surface area contributed by atoms with Gasteiger partial charge >= 0.3 is 5.69 Å². The maximum atomic E-state index is 13.4. The summed E-state index contributed by atoms with van der Waals surface area (Å²) >= 11 is 1.61. The zero-order valence-electron chi connectivity index (χ0n) is 11.0. The fraction of sp³-hybridized carbons (Fsp3) is 0.455. The highest BCUT2D eigenvalue weighted by Crippen LogP contribution is 2.20. The second kappa shape index (κ2) is 7.00. The molecule has 0 heterocycles. The average Bonchev–Trinajstić information content (AvgIpc) is 2.37. The number of hydrogen-bond donors (Lipinski definition) is 1. The molecule has 1 aromatic carbocycles. The van der Waals surface area contributed by atoms with Gasteiger partial charge in [0.2, 0.25) is 15.8 Å². The second-order valence-corrected chi connectivity index (χ2v) is 7.15. The number of hydrogen-bond acceptors (Lipinski definition) is 5. The van der Waals surface area contributed by atoms with E-state index >= 15 is 0 Å². The molecule has 1 rings (SSSR count). The maximum absolute atomic E-state index is 13.4. The monoisotopic (exact) mass is 322 g/mol. The highest BCUT2D eigenvalue weighted by atomic mass is 32.2. The van der Waals surface area contributed by atoms with Crippen LogP contribution in [0.5, 0.6) is 0 Å². The molecule has 0 amide bonds. The normalized spacial score (nSPS) is 13.2. The third-order valence-electron chi connectivity index (χ3n) is 2.67. The quantitative estimate of drug-likeness (QED) is 0.614. The summed E-state index contributed by atoms with van der Waals surface area (Å²) in [5, 5.41) is 10.8. The number of nitro benzene ring substituents is 1. The highest BCUT2D eigenvalue weighted by molar-refractivity contribution is 7.99. The predicted octanol–water partition coefficient (Wildman–Crippen LogP) is 2.15. The molecular formula is C11H15FN2O4S2. The summed E-state index contributed by atoms with van der Waals surface area (Å²) < 4.78 is 39.5. The standard InChI is InChI=1S/C11H15FN2O4S2/c1-8(19-2)5-6-13-20(17,18)9-3-4-11(14(15)16)10(12)7-9/h3-4,7-8,13H,5-6H2,1-2H3. The molecule has 1 unspecified atom stereocenters. The van der Waals surface area contributed by atoms with Crippen LogP contribution in [0.3, 0.4) is 0 Å². The molecule has 0 aliphatic heterocycles. The van der Waals surface area contributed by atoms with E-state index in [4.69, 9.17) is 0 Å². The van der Waals surface area contributed by atoms with Crippen LogP contribution in [-0.2, 0) is 10.0 Å². The van der Waals surface area contributed by atoms with E-state index in [1.54, 1.807) is 11.8 Å². The molecule has 0 saturated carbocycles. The summed E-state index contributed by atoms with van der Waals surface area (Å²) in [5.74, 6) is -1.17. The Morgan fingerprint density at radius 2 is 2.15 bits per heavy atom. The lowest BCUT2D eigenvalue weighted by molar-refractivity contribution is -0.387. The van der Waals surface area contributed by atoms with Gasteiger partial charge in [0.05, 0.1) is 9.82 Å². The molecule has 0 saturated heterocycles. The molecule has 112 valence electrons. The number of sulfonamides is 1. The van der Waals surface area contributed by atoms with Crippen molar-refractivity contribution in [2.24, 2.45) is 0 Å². The number of thioether (sulfide) groups is 1. The molecule has 0 radical (unpaired) electrons. The van der Waals surface area contributed by atoms with E-state index in [0.717, 1.165) is 12.1 Å². The topological polar surface area (TPSA) is 89.3 Å². The minimum atomic E-state index is -3.85. The number of nitrogens with zero attached hydrogens (tertiary/aromatic N) is 1. The van der Waals surface area contributed by atoms with E-state index in [-0.39, 0.29) is 11.4 Å². The van der Waals surface area contributed by atoms with Crippen LogP contribution < -0.4 is 4.72 Å². The molecule has 0 fully saturated rings. The van der Waals surface area contributed by atoms with Gasteiger partial charge in [0, 0.05) is 23.9 Å². The molecule has 1 atom stereocenters. The van der Waals surface area contributed by atoms with Gasteiger partial charge in [0.15, 0.2) is 0 Å². The van der Waals surface area contributed by atoms with Crippen molar-refractivity contribution in [2.45, 2.75) is 23.5 Å². The zero-order valence-corrected chi connectivity index (χ0v) is 12.6. The van der Waals surface area contributed by atoms with E-state index in [1.165, 1.54) is 0 Å². The Kier molecular flexibility index (Phi) is 5.90. The molecular weight excluding hydrogens is 307 g/mol. The smallest absolute Gasteiger partial charge is 0.258 e. The number of benzene rings is 1. The molecule has 1 aromatic rings. The first-order chi connectivity index (χ1) is 9.27. The Bertz CT molecular complexity index is 592. The molecule has 0 aliphatic carbocycles. The van der Waals surface area contributed by atoms with Crippen molar-refractivity contribution in [3.8, 4) is 0 Å². The average molecular weight is 322 g/mol. The summed E-state index contributed by atoms with van der Waals surface area (Å²) in [6.07, 6.45) is 2.56. The van der Waals surface area contributed by atoms with Gasteiger partial charge in [-0.2, -0.15) is 16.2 Å². The lowest BCUT2D eigenvalue weighted by Crippen LogP contribution is -2.26. The summed E-state index contributed by atoms with van der Waals surface area (Å²) in [4.78, 5) is 9.24. The van der Waals surface area contributed by atoms with E-state index in [9.17, 15) is 22.9 Å². The Hall–Kier alpha value is -1.19. The lowest BCUT2D eigenvalue weighted by Gasteiger charge is -2.10. The summed E-state index contributed by atoms with van der Waals surface area (Å²) in [6, 6.07) is 2.51. The minimum absolute atomic E-state index is 0.225. The molecule has 0 aliphatic rings. The van der Waals surface area contributed by atoms with Gasteiger partial charge in [-0.3, -0.25) is 10.1 Å². The van der Waals surface area contributed by atoms with Crippen LogP contribution in [0.25, 0.3) is 0 Å². The van der Waals surface area contributed by atoms with Gasteiger partial charge in [-0.1, -0.05) is 6.92 Å². The van der Waals surface area contributed by atoms with Gasteiger partial charge in [-0.15, -0.1) is 0 Å². The highest BCUT2D eigenvalue weighted by Gasteiger charge is 2.20. The maximum Gasteiger partial charge on any atom is 0.304 e. The van der Waals surface area contributed by atoms with Gasteiger partial charge < -0.3 is 0 Å². The van der Waals surface area contributed by atoms with E-state index in [0.29, 0.717) is 17.7 Å². The molecule has 1 N–H and O–H groups in total. The SMILES string of the molecule is CSC(C)CCNS(=O)(=O)c1ccc([N+](=O)[O-])c(F)c1. The predicted molar refractivity (Wildman–Crippen MR) is 75.8 cm³/mol. The first-order valence-electron chi connectivity index (χ1n) is 5.74. The lowest BCUT2D eigenvalue weighted by atomic mass is 10.3. The van der Waals surface area contributed by atoms with Crippen molar-refractivity contribution in [1.29, 1.82) is 0 Å². The van der Waals surface area contributed by atoms with Crippen molar-refractivity contribution < 1.29 is 17.7 Å². The van der Waals surface area contributed by atoms with E-state index in [1.807, 2.05) is 13.2 Å². The van der Waals surface area contributed by atoms with Crippen LogP contribution in [0.4, 0.5) is 10.1 Å². The van der Waals surface area contributed by atoms with Crippen molar-refractivity contribution in [2.75, 3.05) is 12.8 Å². The first-order valence-corrected chi connectivity index (χ1v) is 8.51. The Morgan fingerprint density at radius 1 is 1.50 bits per heavy atom. The van der Waals surface area contributed by atoms with Gasteiger partial charge in [0.25, 0.3) is 0 Å². The first kappa shape index (κ1) is 16.9. The third-order valence-corrected chi connectivity index (χ3v) is 5.17. The van der Waals surface area contributed by atoms with E-state index in [2.05, 4.69) is 4.72 Å². The molecule has 0 spiro atoms. The summed E-state index contributed by atoms with van der Waals surface area (Å²) in [5.41, 5.74) is -0.750. The van der Waals surface area contributed by atoms with Crippen LogP contribution in [0.2, 0.25) is 0 Å². The molecule has 0 aromatic heterocycles. The minimum Gasteiger partial charge on any atom is -0.258 e. The Morgan fingerprint density at radius 3 is 2.65 bits per heavy atom. The number of halogens is 1. The van der Waals surface area contributed by atoms with Crippen molar-refractivity contribution in [1.82, 2.24) is 4.72 Å². The summed E-state index contributed by atoms with van der Waals surface area (Å²) in [7, 11) is -3.85. The molecule has 20 heavy (non-hydrogen) atoms. The van der Waals surface area contributed by atoms with Crippen LogP contribution in [0.15, 0.2) is 23.1 Å². The van der Waals surface area contributed by atoms with Crippen LogP contribution in [0.1, 0.15) is 13.3 Å². The largest absolute Gasteiger partial charge is 0.304 e. The van der Waals surface area contributed by atoms with Crippen molar-refractivity contribution >= 4 is 27.5 Å². The molecule has 6 nitrogen and oxygen atoms in total. The number of nitro groups is 1. The van der Waals surface area contributed by atoms with Gasteiger partial charge in [-0.05, 0) is 18.7 Å². The summed E-state index contributed by atoms with van der Waals surface area (Å²) in [6.45, 7) is 2.19. The van der Waals surface area contributed by atoms with Crippen molar-refractivity contribution in [3.63, 3.8) is 0 Å². The van der Waals surface area contributed by atoms with E-state index < -0.39 is 26.5 Å². The van der Waals surface area contributed by atoms with Crippen LogP contribution >= 0.6 is 11.8 Å². The Labute approximate surface area is 121 Å². The molecule has 0 bridgehead atoms. The van der Waals surface area contributed by atoms with Crippen LogP contribution in [0, 0.1) is 15.9 Å². The van der Waals surface area contributed by atoms with Crippen molar-refractivity contribution in [3.05, 3.63) is 34.1 Å². The molecule has 9 heteroatoms. The number of rotatable bonds is 7.